The molecule has 0 unspecified atom stereocenters. The summed E-state index contributed by atoms with van der Waals surface area (Å²) in [6, 6.07) is 3.97. The molecule has 70 valence electrons. The zero-order chi connectivity index (χ0) is 9.36. The highest BCUT2D eigenvalue weighted by Gasteiger charge is 1.94. The summed E-state index contributed by atoms with van der Waals surface area (Å²) >= 11 is 0. The van der Waals surface area contributed by atoms with Crippen LogP contribution in [0, 0.1) is 12.3 Å². The predicted molar refractivity (Wildman–Crippen MR) is 54.3 cm³/mol. The van der Waals surface area contributed by atoms with Crippen molar-refractivity contribution in [3.8, 4) is 12.3 Å². The van der Waals surface area contributed by atoms with E-state index in [1.165, 1.54) is 19.3 Å². The molecule has 1 aromatic rings. The van der Waals surface area contributed by atoms with Gasteiger partial charge in [-0.15, -0.1) is 12.3 Å². The fourth-order valence-corrected chi connectivity index (χ4v) is 1.33. The lowest BCUT2D eigenvalue weighted by Crippen LogP contribution is -1.82. The maximum absolute atomic E-state index is 5.23. The van der Waals surface area contributed by atoms with Crippen molar-refractivity contribution in [3.05, 3.63) is 24.2 Å². The van der Waals surface area contributed by atoms with Crippen LogP contribution in [0.4, 0.5) is 0 Å². The number of furan rings is 1. The molecule has 1 rings (SSSR count). The first-order valence-electron chi connectivity index (χ1n) is 4.89. The smallest absolute Gasteiger partial charge is 0.103 e. The van der Waals surface area contributed by atoms with E-state index in [2.05, 4.69) is 5.92 Å². The van der Waals surface area contributed by atoms with Crippen LogP contribution in [-0.4, -0.2) is 0 Å². The molecular weight excluding hydrogens is 160 g/mol. The number of unbranched alkanes of at least 4 members (excludes halogenated alkanes) is 4. The Labute approximate surface area is 80.1 Å². The maximum atomic E-state index is 5.23. The Balaban J connectivity index is 1.94. The van der Waals surface area contributed by atoms with Gasteiger partial charge in [0.2, 0.25) is 0 Å². The molecule has 0 atom stereocenters. The summed E-state index contributed by atoms with van der Waals surface area (Å²) in [5.74, 6) is 3.75. The van der Waals surface area contributed by atoms with Crippen LogP contribution in [0.5, 0.6) is 0 Å². The topological polar surface area (TPSA) is 13.1 Å². The van der Waals surface area contributed by atoms with E-state index >= 15 is 0 Å². The highest BCUT2D eigenvalue weighted by molar-refractivity contribution is 4.97. The number of terminal acetylenes is 1. The first-order chi connectivity index (χ1) is 6.43. The number of rotatable bonds is 6. The third-order valence-corrected chi connectivity index (χ3v) is 2.07. The van der Waals surface area contributed by atoms with Gasteiger partial charge in [0.1, 0.15) is 5.76 Å². The van der Waals surface area contributed by atoms with Crippen molar-refractivity contribution in [1.82, 2.24) is 0 Å². The average Bonchev–Trinajstić information content (AvgIpc) is 2.63. The highest BCUT2D eigenvalue weighted by Crippen LogP contribution is 2.08. The molecule has 1 nitrogen and oxygen atoms in total. The Morgan fingerprint density at radius 1 is 1.23 bits per heavy atom. The van der Waals surface area contributed by atoms with E-state index in [0.29, 0.717) is 0 Å². The van der Waals surface area contributed by atoms with E-state index in [-0.39, 0.29) is 0 Å². The molecule has 1 heterocycles. The van der Waals surface area contributed by atoms with Crippen molar-refractivity contribution in [2.45, 2.75) is 38.5 Å². The van der Waals surface area contributed by atoms with Crippen molar-refractivity contribution in [1.29, 1.82) is 0 Å². The zero-order valence-electron chi connectivity index (χ0n) is 7.96. The van der Waals surface area contributed by atoms with E-state index in [4.69, 9.17) is 10.8 Å². The Morgan fingerprint density at radius 3 is 2.77 bits per heavy atom. The molecule has 0 radical (unpaired) electrons. The predicted octanol–water partition coefficient (Wildman–Crippen LogP) is 3.41. The molecule has 0 spiro atoms. The lowest BCUT2D eigenvalue weighted by molar-refractivity contribution is 0.494. The van der Waals surface area contributed by atoms with Crippen LogP contribution in [0.3, 0.4) is 0 Å². The second kappa shape index (κ2) is 6.37. The fourth-order valence-electron chi connectivity index (χ4n) is 1.33. The van der Waals surface area contributed by atoms with Crippen molar-refractivity contribution in [3.63, 3.8) is 0 Å². The third kappa shape index (κ3) is 4.42. The molecule has 0 amide bonds. The molecule has 0 aliphatic heterocycles. The van der Waals surface area contributed by atoms with E-state index in [1.54, 1.807) is 6.26 Å². The number of aryl methyl sites for hydroxylation is 1. The Kier molecular flexibility index (Phi) is 4.86. The van der Waals surface area contributed by atoms with Gasteiger partial charge in [0.15, 0.2) is 0 Å². The quantitative estimate of drug-likeness (QED) is 0.478. The van der Waals surface area contributed by atoms with Gasteiger partial charge in [0.25, 0.3) is 0 Å². The van der Waals surface area contributed by atoms with E-state index < -0.39 is 0 Å². The molecule has 0 fully saturated rings. The summed E-state index contributed by atoms with van der Waals surface area (Å²) in [6.45, 7) is 0. The summed E-state index contributed by atoms with van der Waals surface area (Å²) in [6.07, 6.45) is 13.7. The molecule has 0 bridgehead atoms. The van der Waals surface area contributed by atoms with Crippen LogP contribution in [0.1, 0.15) is 37.9 Å². The summed E-state index contributed by atoms with van der Waals surface area (Å²) in [5, 5.41) is 0. The van der Waals surface area contributed by atoms with Crippen molar-refractivity contribution in [2.75, 3.05) is 0 Å². The molecule has 0 aliphatic rings. The maximum Gasteiger partial charge on any atom is 0.103 e. The van der Waals surface area contributed by atoms with Gasteiger partial charge in [-0.25, -0.2) is 0 Å². The van der Waals surface area contributed by atoms with E-state index in [0.717, 1.165) is 25.0 Å². The Bertz CT molecular complexity index is 241. The molecular formula is C12H16O. The van der Waals surface area contributed by atoms with Gasteiger partial charge in [-0.05, 0) is 25.0 Å². The van der Waals surface area contributed by atoms with Gasteiger partial charge >= 0.3 is 0 Å². The number of hydrogen-bond donors (Lipinski definition) is 0. The third-order valence-electron chi connectivity index (χ3n) is 2.07. The number of hydrogen-bond acceptors (Lipinski definition) is 1. The summed E-state index contributed by atoms with van der Waals surface area (Å²) in [7, 11) is 0. The minimum atomic E-state index is 0.917. The van der Waals surface area contributed by atoms with Gasteiger partial charge in [0.05, 0.1) is 6.26 Å². The van der Waals surface area contributed by atoms with Crippen molar-refractivity contribution < 1.29 is 4.42 Å². The van der Waals surface area contributed by atoms with E-state index in [1.807, 2.05) is 12.1 Å². The van der Waals surface area contributed by atoms with Crippen LogP contribution >= 0.6 is 0 Å². The van der Waals surface area contributed by atoms with Crippen LogP contribution in [0.25, 0.3) is 0 Å². The van der Waals surface area contributed by atoms with Crippen LogP contribution in [-0.2, 0) is 6.42 Å². The fraction of sp³-hybridized carbons (Fsp3) is 0.500. The van der Waals surface area contributed by atoms with Crippen LogP contribution in [0.15, 0.2) is 22.8 Å². The zero-order valence-corrected chi connectivity index (χ0v) is 7.96. The molecule has 0 saturated carbocycles. The second-order valence-corrected chi connectivity index (χ2v) is 3.20. The molecule has 1 heteroatoms. The van der Waals surface area contributed by atoms with Gasteiger partial charge in [0, 0.05) is 12.8 Å². The van der Waals surface area contributed by atoms with Gasteiger partial charge in [-0.2, -0.15) is 0 Å². The molecule has 0 N–H and O–H groups in total. The molecule has 0 saturated heterocycles. The summed E-state index contributed by atoms with van der Waals surface area (Å²) < 4.78 is 5.23. The Hall–Kier alpha value is -1.16. The largest absolute Gasteiger partial charge is 0.469 e. The van der Waals surface area contributed by atoms with Gasteiger partial charge in [-0.3, -0.25) is 0 Å². The normalized spacial score (nSPS) is 9.77. The monoisotopic (exact) mass is 176 g/mol. The molecule has 0 aromatic carbocycles. The van der Waals surface area contributed by atoms with Crippen molar-refractivity contribution >= 4 is 0 Å². The van der Waals surface area contributed by atoms with Gasteiger partial charge < -0.3 is 4.42 Å². The summed E-state index contributed by atoms with van der Waals surface area (Å²) in [5.41, 5.74) is 0. The first kappa shape index (κ1) is 9.92. The minimum Gasteiger partial charge on any atom is -0.469 e. The van der Waals surface area contributed by atoms with Crippen molar-refractivity contribution in [2.24, 2.45) is 0 Å². The lowest BCUT2D eigenvalue weighted by Gasteiger charge is -1.97. The summed E-state index contributed by atoms with van der Waals surface area (Å²) in [4.78, 5) is 0. The minimum absolute atomic E-state index is 0.917. The van der Waals surface area contributed by atoms with E-state index in [9.17, 15) is 0 Å². The molecule has 13 heavy (non-hydrogen) atoms. The van der Waals surface area contributed by atoms with Crippen LogP contribution in [0.2, 0.25) is 0 Å². The molecule has 0 aliphatic carbocycles. The SMILES string of the molecule is C#CCCCCCCc1ccco1. The second-order valence-electron chi connectivity index (χ2n) is 3.20. The first-order valence-corrected chi connectivity index (χ1v) is 4.89. The molecule has 1 aromatic heterocycles. The lowest BCUT2D eigenvalue weighted by atomic mass is 10.1. The van der Waals surface area contributed by atoms with Gasteiger partial charge in [-0.1, -0.05) is 12.8 Å². The average molecular weight is 176 g/mol. The van der Waals surface area contributed by atoms with Crippen LogP contribution < -0.4 is 0 Å². The standard InChI is InChI=1S/C12H16O/c1-2-3-4-5-6-7-9-12-10-8-11-13-12/h1,8,10-11H,3-7,9H2. The Morgan fingerprint density at radius 2 is 2.08 bits per heavy atom. The highest BCUT2D eigenvalue weighted by atomic mass is 16.3.